The van der Waals surface area contributed by atoms with Crippen LogP contribution in [0, 0.1) is 0 Å². The summed E-state index contributed by atoms with van der Waals surface area (Å²) in [4.78, 5) is 0. The number of aromatic hydroxyl groups is 1. The summed E-state index contributed by atoms with van der Waals surface area (Å²) in [5.41, 5.74) is 2.00. The summed E-state index contributed by atoms with van der Waals surface area (Å²) >= 11 is 0. The summed E-state index contributed by atoms with van der Waals surface area (Å²) < 4.78 is 0. The molecule has 1 nitrogen and oxygen atoms in total. The van der Waals surface area contributed by atoms with Crippen LogP contribution < -0.4 is 0 Å². The van der Waals surface area contributed by atoms with Crippen LogP contribution >= 0.6 is 0 Å². The van der Waals surface area contributed by atoms with Crippen molar-refractivity contribution in [1.29, 1.82) is 0 Å². The fourth-order valence-electron chi connectivity index (χ4n) is 1.92. The number of phenols is 1. The molecule has 0 saturated heterocycles. The van der Waals surface area contributed by atoms with Gasteiger partial charge in [0.2, 0.25) is 0 Å². The Hall–Kier alpha value is -1.76. The predicted molar refractivity (Wildman–Crippen MR) is 65.1 cm³/mol. The zero-order valence-electron chi connectivity index (χ0n) is 8.83. The lowest BCUT2D eigenvalue weighted by molar-refractivity contribution is 0.479. The first-order valence-electron chi connectivity index (χ1n) is 5.14. The van der Waals surface area contributed by atoms with E-state index in [0.717, 1.165) is 28.3 Å². The molecule has 2 rings (SSSR count). The highest BCUT2D eigenvalue weighted by Crippen LogP contribution is 2.32. The molecule has 0 amide bonds. The molecule has 0 atom stereocenters. The second-order valence-electron chi connectivity index (χ2n) is 3.58. The van der Waals surface area contributed by atoms with Crippen molar-refractivity contribution in [2.24, 2.45) is 0 Å². The second kappa shape index (κ2) is 3.77. The normalized spacial score (nSPS) is 10.5. The van der Waals surface area contributed by atoms with Gasteiger partial charge in [0.25, 0.3) is 0 Å². The number of fused-ring (bicyclic) bond motifs is 1. The first-order chi connectivity index (χ1) is 7.27. The number of hydrogen-bond acceptors (Lipinski definition) is 1. The van der Waals surface area contributed by atoms with Crippen LogP contribution in [-0.2, 0) is 6.42 Å². The largest absolute Gasteiger partial charge is 0.507 e. The smallest absolute Gasteiger partial charge is 0.130 e. The molecule has 2 aromatic carbocycles. The molecule has 2 aromatic rings. The van der Waals surface area contributed by atoms with Gasteiger partial charge in [-0.15, -0.1) is 0 Å². The lowest BCUT2D eigenvalue weighted by Crippen LogP contribution is -1.88. The Bertz CT molecular complexity index is 512. The standard InChI is InChI=1S/C14H14O/c1-3-10-9-11-7-5-6-8-13(11)14(15)12(10)4-2/h4-9,15H,2-3H2,1H3. The van der Waals surface area contributed by atoms with Crippen molar-refractivity contribution in [2.75, 3.05) is 0 Å². The summed E-state index contributed by atoms with van der Waals surface area (Å²) in [5.74, 6) is 0.347. The van der Waals surface area contributed by atoms with Crippen LogP contribution in [0.5, 0.6) is 5.75 Å². The van der Waals surface area contributed by atoms with Gasteiger partial charge in [-0.3, -0.25) is 0 Å². The molecule has 0 heterocycles. The summed E-state index contributed by atoms with van der Waals surface area (Å²) in [6, 6.07) is 9.97. The number of hydrogen-bond donors (Lipinski definition) is 1. The van der Waals surface area contributed by atoms with Crippen LogP contribution in [0.3, 0.4) is 0 Å². The summed E-state index contributed by atoms with van der Waals surface area (Å²) in [5, 5.41) is 12.1. The van der Waals surface area contributed by atoms with E-state index in [9.17, 15) is 5.11 Å². The Labute approximate surface area is 89.7 Å². The molecule has 0 radical (unpaired) electrons. The van der Waals surface area contributed by atoms with Crippen molar-refractivity contribution < 1.29 is 5.11 Å². The minimum absolute atomic E-state index is 0.347. The van der Waals surface area contributed by atoms with Crippen molar-refractivity contribution in [2.45, 2.75) is 13.3 Å². The van der Waals surface area contributed by atoms with Gasteiger partial charge in [0, 0.05) is 10.9 Å². The van der Waals surface area contributed by atoms with E-state index in [0.29, 0.717) is 5.75 Å². The van der Waals surface area contributed by atoms with Crippen molar-refractivity contribution in [1.82, 2.24) is 0 Å². The third kappa shape index (κ3) is 1.50. The molecule has 15 heavy (non-hydrogen) atoms. The molecule has 0 aromatic heterocycles. The molecular weight excluding hydrogens is 184 g/mol. The van der Waals surface area contributed by atoms with Gasteiger partial charge in [-0.1, -0.05) is 49.9 Å². The Morgan fingerprint density at radius 2 is 2.07 bits per heavy atom. The first kappa shape index (κ1) is 9.78. The van der Waals surface area contributed by atoms with Gasteiger partial charge in [0.1, 0.15) is 5.75 Å². The van der Waals surface area contributed by atoms with E-state index in [2.05, 4.69) is 19.6 Å². The van der Waals surface area contributed by atoms with E-state index in [1.54, 1.807) is 6.08 Å². The van der Waals surface area contributed by atoms with Crippen molar-refractivity contribution in [3.63, 3.8) is 0 Å². The molecule has 0 spiro atoms. The fourth-order valence-corrected chi connectivity index (χ4v) is 1.92. The zero-order chi connectivity index (χ0) is 10.8. The average Bonchev–Trinajstić information content (AvgIpc) is 2.29. The Kier molecular flexibility index (Phi) is 2.46. The van der Waals surface area contributed by atoms with Crippen LogP contribution in [0.2, 0.25) is 0 Å². The highest BCUT2D eigenvalue weighted by Gasteiger charge is 2.08. The molecule has 1 N–H and O–H groups in total. The summed E-state index contributed by atoms with van der Waals surface area (Å²) in [6.07, 6.45) is 2.63. The first-order valence-corrected chi connectivity index (χ1v) is 5.14. The maximum Gasteiger partial charge on any atom is 0.130 e. The molecule has 0 saturated carbocycles. The molecule has 0 bridgehead atoms. The predicted octanol–water partition coefficient (Wildman–Crippen LogP) is 3.75. The minimum atomic E-state index is 0.347. The fraction of sp³-hybridized carbons (Fsp3) is 0.143. The highest BCUT2D eigenvalue weighted by molar-refractivity contribution is 5.92. The Balaban J connectivity index is 2.87. The minimum Gasteiger partial charge on any atom is -0.507 e. The SMILES string of the molecule is C=Cc1c(CC)cc2ccccc2c1O. The molecule has 0 fully saturated rings. The number of aryl methyl sites for hydroxylation is 1. The molecule has 76 valence electrons. The average molecular weight is 198 g/mol. The lowest BCUT2D eigenvalue weighted by Gasteiger charge is -2.09. The second-order valence-corrected chi connectivity index (χ2v) is 3.58. The van der Waals surface area contributed by atoms with Crippen molar-refractivity contribution >= 4 is 16.8 Å². The highest BCUT2D eigenvalue weighted by atomic mass is 16.3. The molecule has 0 aliphatic heterocycles. The van der Waals surface area contributed by atoms with Gasteiger partial charge >= 0.3 is 0 Å². The van der Waals surface area contributed by atoms with Gasteiger partial charge in [0.05, 0.1) is 0 Å². The van der Waals surface area contributed by atoms with E-state index < -0.39 is 0 Å². The number of benzene rings is 2. The molecule has 1 heteroatoms. The zero-order valence-corrected chi connectivity index (χ0v) is 8.83. The third-order valence-corrected chi connectivity index (χ3v) is 2.73. The van der Waals surface area contributed by atoms with Crippen molar-refractivity contribution in [3.05, 3.63) is 48.0 Å². The molecular formula is C14H14O. The van der Waals surface area contributed by atoms with Crippen LogP contribution in [0.25, 0.3) is 16.8 Å². The van der Waals surface area contributed by atoms with E-state index in [-0.39, 0.29) is 0 Å². The Morgan fingerprint density at radius 1 is 1.33 bits per heavy atom. The van der Waals surface area contributed by atoms with Crippen LogP contribution in [0.4, 0.5) is 0 Å². The topological polar surface area (TPSA) is 20.2 Å². The summed E-state index contributed by atoms with van der Waals surface area (Å²) in [7, 11) is 0. The molecule has 0 aliphatic rings. The van der Waals surface area contributed by atoms with Crippen LogP contribution in [-0.4, -0.2) is 5.11 Å². The maximum atomic E-state index is 10.1. The van der Waals surface area contributed by atoms with Gasteiger partial charge in [-0.05, 0) is 17.4 Å². The van der Waals surface area contributed by atoms with Crippen LogP contribution in [0.15, 0.2) is 36.9 Å². The van der Waals surface area contributed by atoms with E-state index in [4.69, 9.17) is 0 Å². The lowest BCUT2D eigenvalue weighted by atomic mass is 9.98. The van der Waals surface area contributed by atoms with Gasteiger partial charge in [-0.25, -0.2) is 0 Å². The summed E-state index contributed by atoms with van der Waals surface area (Å²) in [6.45, 7) is 5.83. The number of phenolic OH excluding ortho intramolecular Hbond substituents is 1. The van der Waals surface area contributed by atoms with Crippen molar-refractivity contribution in [3.8, 4) is 5.75 Å². The van der Waals surface area contributed by atoms with Crippen LogP contribution in [0.1, 0.15) is 18.1 Å². The van der Waals surface area contributed by atoms with Gasteiger partial charge in [0.15, 0.2) is 0 Å². The maximum absolute atomic E-state index is 10.1. The quantitative estimate of drug-likeness (QED) is 0.779. The van der Waals surface area contributed by atoms with E-state index >= 15 is 0 Å². The molecule has 0 unspecified atom stereocenters. The van der Waals surface area contributed by atoms with Gasteiger partial charge < -0.3 is 5.11 Å². The third-order valence-electron chi connectivity index (χ3n) is 2.73. The van der Waals surface area contributed by atoms with E-state index in [1.165, 1.54) is 0 Å². The monoisotopic (exact) mass is 198 g/mol. The molecule has 0 aliphatic carbocycles. The van der Waals surface area contributed by atoms with E-state index in [1.807, 2.05) is 24.3 Å². The van der Waals surface area contributed by atoms with Gasteiger partial charge in [-0.2, -0.15) is 0 Å². The Morgan fingerprint density at radius 3 is 2.73 bits per heavy atom. The number of rotatable bonds is 2.